The first-order chi connectivity index (χ1) is 11.2. The van der Waals surface area contributed by atoms with Crippen LogP contribution in [0.2, 0.25) is 0 Å². The molecule has 0 atom stereocenters. The fourth-order valence-electron chi connectivity index (χ4n) is 3.14. The predicted octanol–water partition coefficient (Wildman–Crippen LogP) is 6.37. The number of hydrogen-bond donors (Lipinski definition) is 0. The summed E-state index contributed by atoms with van der Waals surface area (Å²) >= 11 is 2.34. The van der Waals surface area contributed by atoms with Crippen molar-refractivity contribution in [2.75, 3.05) is 11.9 Å². The summed E-state index contributed by atoms with van der Waals surface area (Å²) in [7, 11) is 2.15. The zero-order valence-corrected chi connectivity index (χ0v) is 15.0. The van der Waals surface area contributed by atoms with E-state index >= 15 is 0 Å². The van der Waals surface area contributed by atoms with Crippen LogP contribution in [0.5, 0.6) is 0 Å². The average molecular weight is 409 g/mol. The van der Waals surface area contributed by atoms with E-state index < -0.39 is 0 Å². The molecule has 2 heteroatoms. The highest BCUT2D eigenvalue weighted by molar-refractivity contribution is 14.1. The van der Waals surface area contributed by atoms with Crippen LogP contribution in [0.15, 0.2) is 78.9 Å². The van der Waals surface area contributed by atoms with Crippen molar-refractivity contribution in [2.24, 2.45) is 0 Å². The molecule has 0 saturated heterocycles. The lowest BCUT2D eigenvalue weighted by Gasteiger charge is -2.24. The molecule has 0 saturated carbocycles. The van der Waals surface area contributed by atoms with Gasteiger partial charge in [-0.05, 0) is 63.7 Å². The van der Waals surface area contributed by atoms with E-state index in [1.54, 1.807) is 0 Å². The van der Waals surface area contributed by atoms with Crippen LogP contribution in [-0.2, 0) is 0 Å². The first kappa shape index (κ1) is 14.5. The third-order valence-corrected chi connectivity index (χ3v) is 5.01. The maximum atomic E-state index is 2.34. The molecule has 4 rings (SSSR count). The van der Waals surface area contributed by atoms with Crippen LogP contribution in [0.3, 0.4) is 0 Å². The van der Waals surface area contributed by atoms with E-state index in [1.165, 1.54) is 36.5 Å². The summed E-state index contributed by atoms with van der Waals surface area (Å²) in [5.41, 5.74) is 2.46. The van der Waals surface area contributed by atoms with Crippen LogP contribution in [0, 0.1) is 3.57 Å². The highest BCUT2D eigenvalue weighted by atomic mass is 127. The molecule has 4 aromatic rings. The second-order valence-electron chi connectivity index (χ2n) is 5.70. The van der Waals surface area contributed by atoms with Gasteiger partial charge in [0.15, 0.2) is 0 Å². The molecule has 0 aliphatic rings. The fraction of sp³-hybridized carbons (Fsp3) is 0.0476. The van der Waals surface area contributed by atoms with Crippen LogP contribution in [0.25, 0.3) is 21.5 Å². The van der Waals surface area contributed by atoms with Gasteiger partial charge in [-0.1, -0.05) is 48.5 Å². The second-order valence-corrected chi connectivity index (χ2v) is 6.95. The molecule has 0 aromatic heterocycles. The Morgan fingerprint density at radius 3 is 1.78 bits per heavy atom. The van der Waals surface area contributed by atoms with Crippen molar-refractivity contribution in [1.29, 1.82) is 0 Å². The van der Waals surface area contributed by atoms with E-state index in [9.17, 15) is 0 Å². The molecular weight excluding hydrogens is 393 g/mol. The Labute approximate surface area is 149 Å². The molecule has 0 amide bonds. The molecule has 0 spiro atoms. The largest absolute Gasteiger partial charge is 0.344 e. The van der Waals surface area contributed by atoms with Crippen LogP contribution < -0.4 is 4.90 Å². The number of fused-ring (bicyclic) bond motifs is 2. The summed E-state index contributed by atoms with van der Waals surface area (Å²) in [6, 6.07) is 28.2. The minimum atomic E-state index is 1.20. The smallest absolute Gasteiger partial charge is 0.0567 e. The lowest BCUT2D eigenvalue weighted by atomic mass is 10.00. The molecular formula is C21H16IN. The normalized spacial score (nSPS) is 11.0. The summed E-state index contributed by atoms with van der Waals surface area (Å²) in [6.45, 7) is 0. The van der Waals surface area contributed by atoms with Gasteiger partial charge in [0.05, 0.1) is 5.69 Å². The zero-order valence-electron chi connectivity index (χ0n) is 12.8. The van der Waals surface area contributed by atoms with E-state index in [4.69, 9.17) is 0 Å². The molecule has 0 fully saturated rings. The van der Waals surface area contributed by atoms with E-state index in [0.29, 0.717) is 0 Å². The van der Waals surface area contributed by atoms with Gasteiger partial charge in [-0.25, -0.2) is 0 Å². The number of rotatable bonds is 2. The van der Waals surface area contributed by atoms with Crippen molar-refractivity contribution in [3.05, 3.63) is 82.4 Å². The van der Waals surface area contributed by atoms with Gasteiger partial charge in [-0.3, -0.25) is 0 Å². The lowest BCUT2D eigenvalue weighted by molar-refractivity contribution is 1.23. The number of hydrogen-bond acceptors (Lipinski definition) is 1. The van der Waals surface area contributed by atoms with Crippen molar-refractivity contribution < 1.29 is 0 Å². The Hall–Kier alpha value is -2.07. The van der Waals surface area contributed by atoms with Crippen LogP contribution in [0.4, 0.5) is 11.4 Å². The minimum Gasteiger partial charge on any atom is -0.344 e. The van der Waals surface area contributed by atoms with Gasteiger partial charge in [0, 0.05) is 27.1 Å². The quantitative estimate of drug-likeness (QED) is 0.275. The van der Waals surface area contributed by atoms with Crippen LogP contribution in [0.1, 0.15) is 0 Å². The Balaban J connectivity index is 2.04. The van der Waals surface area contributed by atoms with Crippen LogP contribution in [-0.4, -0.2) is 7.05 Å². The maximum absolute atomic E-state index is 2.34. The van der Waals surface area contributed by atoms with Gasteiger partial charge in [-0.2, -0.15) is 0 Å². The first-order valence-corrected chi connectivity index (χ1v) is 8.72. The summed E-state index contributed by atoms with van der Waals surface area (Å²) in [5.74, 6) is 0. The summed E-state index contributed by atoms with van der Waals surface area (Å²) in [4.78, 5) is 2.29. The van der Waals surface area contributed by atoms with Gasteiger partial charge in [0.2, 0.25) is 0 Å². The standard InChI is InChI=1S/C21H16IN/c1-23(18-12-10-17(22)11-13-18)21-19-8-4-2-6-15(19)14-16-7-3-5-9-20(16)21/h2-14H,1H3. The summed E-state index contributed by atoms with van der Waals surface area (Å²) in [5, 5.41) is 5.12. The number of benzene rings is 4. The molecule has 0 radical (unpaired) electrons. The molecule has 23 heavy (non-hydrogen) atoms. The van der Waals surface area contributed by atoms with E-state index in [0.717, 1.165) is 0 Å². The molecule has 0 bridgehead atoms. The first-order valence-electron chi connectivity index (χ1n) is 7.64. The Morgan fingerprint density at radius 1 is 0.696 bits per heavy atom. The van der Waals surface area contributed by atoms with Crippen molar-refractivity contribution in [3.63, 3.8) is 0 Å². The Morgan fingerprint density at radius 2 is 1.22 bits per heavy atom. The Bertz CT molecular complexity index is 935. The maximum Gasteiger partial charge on any atom is 0.0567 e. The molecule has 0 N–H and O–H groups in total. The highest BCUT2D eigenvalue weighted by Crippen LogP contribution is 2.38. The lowest BCUT2D eigenvalue weighted by Crippen LogP contribution is -2.10. The Kier molecular flexibility index (Phi) is 3.69. The van der Waals surface area contributed by atoms with Crippen molar-refractivity contribution in [3.8, 4) is 0 Å². The molecule has 4 aromatic carbocycles. The molecule has 0 aliphatic carbocycles. The average Bonchev–Trinajstić information content (AvgIpc) is 2.59. The zero-order chi connectivity index (χ0) is 15.8. The van der Waals surface area contributed by atoms with Crippen molar-refractivity contribution in [2.45, 2.75) is 0 Å². The van der Waals surface area contributed by atoms with E-state index in [1.807, 2.05) is 0 Å². The molecule has 112 valence electrons. The topological polar surface area (TPSA) is 3.24 Å². The van der Waals surface area contributed by atoms with E-state index in [2.05, 4.69) is 113 Å². The number of halogens is 1. The fourth-order valence-corrected chi connectivity index (χ4v) is 3.50. The van der Waals surface area contributed by atoms with Gasteiger partial charge < -0.3 is 4.90 Å². The third kappa shape index (κ3) is 2.57. The third-order valence-electron chi connectivity index (χ3n) is 4.29. The molecule has 0 aliphatic heterocycles. The SMILES string of the molecule is CN(c1ccc(I)cc1)c1c2ccccc2cc2ccccc12. The van der Waals surface area contributed by atoms with Gasteiger partial charge >= 0.3 is 0 Å². The van der Waals surface area contributed by atoms with Gasteiger partial charge in [-0.15, -0.1) is 0 Å². The van der Waals surface area contributed by atoms with E-state index in [-0.39, 0.29) is 0 Å². The molecule has 0 heterocycles. The minimum absolute atomic E-state index is 1.20. The molecule has 0 unspecified atom stereocenters. The van der Waals surface area contributed by atoms with Crippen molar-refractivity contribution >= 4 is 55.5 Å². The highest BCUT2D eigenvalue weighted by Gasteiger charge is 2.12. The number of anilines is 2. The second kappa shape index (κ2) is 5.85. The molecule has 1 nitrogen and oxygen atoms in total. The van der Waals surface area contributed by atoms with Gasteiger partial charge in [0.25, 0.3) is 0 Å². The number of nitrogens with zero attached hydrogens (tertiary/aromatic N) is 1. The summed E-state index contributed by atoms with van der Waals surface area (Å²) < 4.78 is 1.25. The monoisotopic (exact) mass is 409 g/mol. The van der Waals surface area contributed by atoms with Crippen molar-refractivity contribution in [1.82, 2.24) is 0 Å². The summed E-state index contributed by atoms with van der Waals surface area (Å²) in [6.07, 6.45) is 0. The predicted molar refractivity (Wildman–Crippen MR) is 109 cm³/mol. The van der Waals surface area contributed by atoms with Crippen LogP contribution >= 0.6 is 22.6 Å². The van der Waals surface area contributed by atoms with Gasteiger partial charge in [0.1, 0.15) is 0 Å².